The Labute approximate surface area is 171 Å². The number of aromatic nitrogens is 1. The van der Waals surface area contributed by atoms with Crippen LogP contribution < -0.4 is 5.32 Å². The molecule has 1 aromatic carbocycles. The topological polar surface area (TPSA) is 85.4 Å². The van der Waals surface area contributed by atoms with E-state index >= 15 is 0 Å². The van der Waals surface area contributed by atoms with Crippen LogP contribution in [0, 0.1) is 0 Å². The molecule has 29 heavy (non-hydrogen) atoms. The molecule has 0 bridgehead atoms. The van der Waals surface area contributed by atoms with Gasteiger partial charge in [-0.05, 0) is 44.9 Å². The van der Waals surface area contributed by atoms with Gasteiger partial charge in [0.05, 0.1) is 12.5 Å². The summed E-state index contributed by atoms with van der Waals surface area (Å²) in [6, 6.07) is 12.6. The first kappa shape index (κ1) is 22.3. The minimum atomic E-state index is -0.577. The molecule has 0 aliphatic heterocycles. The molecule has 2 rings (SSSR count). The van der Waals surface area contributed by atoms with Crippen molar-refractivity contribution in [3.05, 3.63) is 66.0 Å². The molecule has 0 unspecified atom stereocenters. The van der Waals surface area contributed by atoms with Crippen LogP contribution in [0.3, 0.4) is 0 Å². The Bertz CT molecular complexity index is 814. The maximum absolute atomic E-state index is 12.4. The van der Waals surface area contributed by atoms with Crippen LogP contribution in [0.1, 0.15) is 68.4 Å². The van der Waals surface area contributed by atoms with E-state index in [0.29, 0.717) is 12.0 Å². The van der Waals surface area contributed by atoms with E-state index < -0.39 is 11.6 Å². The van der Waals surface area contributed by atoms with Crippen LogP contribution in [0.2, 0.25) is 0 Å². The van der Waals surface area contributed by atoms with Crippen molar-refractivity contribution in [2.24, 2.45) is 0 Å². The molecule has 0 radical (unpaired) electrons. The Hall–Kier alpha value is -3.02. The summed E-state index contributed by atoms with van der Waals surface area (Å²) >= 11 is 0. The number of hydrogen-bond donors (Lipinski definition) is 1. The van der Waals surface area contributed by atoms with E-state index in [1.54, 1.807) is 45.3 Å². The van der Waals surface area contributed by atoms with Crippen LogP contribution in [-0.2, 0) is 14.3 Å². The number of carbonyl (C=O) groups is 3. The lowest BCUT2D eigenvalue weighted by Gasteiger charge is -2.21. The van der Waals surface area contributed by atoms with E-state index in [-0.39, 0.29) is 37.0 Å². The molecule has 1 aromatic heterocycles. The van der Waals surface area contributed by atoms with Crippen molar-refractivity contribution in [1.29, 1.82) is 0 Å². The normalized spacial score (nSPS) is 12.1. The Morgan fingerprint density at radius 2 is 1.72 bits per heavy atom. The van der Waals surface area contributed by atoms with E-state index in [9.17, 15) is 14.4 Å². The van der Waals surface area contributed by atoms with Gasteiger partial charge in [-0.25, -0.2) is 0 Å². The van der Waals surface area contributed by atoms with Gasteiger partial charge in [0.25, 0.3) is 0 Å². The van der Waals surface area contributed by atoms with Crippen molar-refractivity contribution in [2.75, 3.05) is 0 Å². The monoisotopic (exact) mass is 396 g/mol. The third-order valence-corrected chi connectivity index (χ3v) is 4.16. The van der Waals surface area contributed by atoms with E-state index in [4.69, 9.17) is 4.74 Å². The maximum Gasteiger partial charge on any atom is 0.306 e. The van der Waals surface area contributed by atoms with Crippen LogP contribution in [0.15, 0.2) is 54.9 Å². The van der Waals surface area contributed by atoms with Gasteiger partial charge in [0, 0.05) is 30.8 Å². The first-order chi connectivity index (χ1) is 13.7. The summed E-state index contributed by atoms with van der Waals surface area (Å²) in [5, 5.41) is 2.94. The zero-order valence-electron chi connectivity index (χ0n) is 17.2. The highest BCUT2D eigenvalue weighted by molar-refractivity contribution is 5.95. The summed E-state index contributed by atoms with van der Waals surface area (Å²) in [6.07, 6.45) is 3.94. The molecule has 2 aromatic rings. The molecule has 154 valence electrons. The van der Waals surface area contributed by atoms with Crippen LogP contribution in [0.5, 0.6) is 0 Å². The molecule has 1 heterocycles. The molecule has 1 amide bonds. The number of ether oxygens (including phenoxy) is 1. The van der Waals surface area contributed by atoms with Gasteiger partial charge in [0.15, 0.2) is 5.78 Å². The summed E-state index contributed by atoms with van der Waals surface area (Å²) in [7, 11) is 0. The molecular weight excluding hydrogens is 368 g/mol. The number of Topliss-reactive ketones (excluding diaryl/α,β-unsaturated/α-hetero) is 1. The number of benzene rings is 1. The van der Waals surface area contributed by atoms with Gasteiger partial charge in [-0.1, -0.05) is 30.3 Å². The molecular formula is C23H28N2O4. The quantitative estimate of drug-likeness (QED) is 0.511. The van der Waals surface area contributed by atoms with Crippen LogP contribution in [-0.4, -0.2) is 28.2 Å². The van der Waals surface area contributed by atoms with Crippen molar-refractivity contribution in [2.45, 2.75) is 58.1 Å². The van der Waals surface area contributed by atoms with E-state index in [1.807, 2.05) is 30.3 Å². The first-order valence-corrected chi connectivity index (χ1v) is 9.74. The molecule has 6 heteroatoms. The molecule has 0 aliphatic carbocycles. The van der Waals surface area contributed by atoms with Gasteiger partial charge in [-0.3, -0.25) is 19.4 Å². The lowest BCUT2D eigenvalue weighted by molar-refractivity contribution is -0.155. The predicted molar refractivity (Wildman–Crippen MR) is 110 cm³/mol. The number of ketones is 1. The van der Waals surface area contributed by atoms with Gasteiger partial charge in [0.1, 0.15) is 5.60 Å². The molecule has 1 N–H and O–H groups in total. The fraction of sp³-hybridized carbons (Fsp3) is 0.391. The lowest BCUT2D eigenvalue weighted by Crippen LogP contribution is -2.30. The second-order valence-electron chi connectivity index (χ2n) is 7.82. The maximum atomic E-state index is 12.4. The Kier molecular flexibility index (Phi) is 8.07. The number of carbonyl (C=O) groups excluding carboxylic acids is 3. The lowest BCUT2D eigenvalue weighted by atomic mass is 9.98. The molecule has 0 fully saturated rings. The highest BCUT2D eigenvalue weighted by Crippen LogP contribution is 2.20. The van der Waals surface area contributed by atoms with Crippen molar-refractivity contribution in [3.63, 3.8) is 0 Å². The fourth-order valence-corrected chi connectivity index (χ4v) is 2.83. The van der Waals surface area contributed by atoms with E-state index in [1.165, 1.54) is 0 Å². The summed E-state index contributed by atoms with van der Waals surface area (Å²) in [6.45, 7) is 5.36. The summed E-state index contributed by atoms with van der Waals surface area (Å²) < 4.78 is 5.24. The predicted octanol–water partition coefficient (Wildman–Crippen LogP) is 4.02. The summed E-state index contributed by atoms with van der Waals surface area (Å²) in [5.74, 6) is -0.684. The molecule has 0 saturated carbocycles. The third kappa shape index (κ3) is 8.25. The van der Waals surface area contributed by atoms with Gasteiger partial charge in [-0.2, -0.15) is 0 Å². The molecule has 0 aliphatic rings. The second kappa shape index (κ2) is 10.5. The average Bonchev–Trinajstić information content (AvgIpc) is 2.69. The number of nitrogens with zero attached hydrogens (tertiary/aromatic N) is 1. The minimum Gasteiger partial charge on any atom is -0.460 e. The fourth-order valence-electron chi connectivity index (χ4n) is 2.83. The smallest absolute Gasteiger partial charge is 0.306 e. The zero-order chi connectivity index (χ0) is 21.3. The highest BCUT2D eigenvalue weighted by atomic mass is 16.6. The number of esters is 1. The molecule has 0 spiro atoms. The number of rotatable bonds is 9. The van der Waals surface area contributed by atoms with Crippen LogP contribution >= 0.6 is 0 Å². The average molecular weight is 396 g/mol. The van der Waals surface area contributed by atoms with Crippen molar-refractivity contribution >= 4 is 17.7 Å². The second-order valence-corrected chi connectivity index (χ2v) is 7.82. The molecule has 0 saturated heterocycles. The minimum absolute atomic E-state index is 0.0131. The standard InChI is InChI=1S/C23H28N2O4/c1-23(2,3)29-22(28)14-13-21(27)25-19(17-8-5-4-6-9-17)11-12-20(26)18-10-7-15-24-16-18/h4-10,15-16,19H,11-14H2,1-3H3,(H,25,27)/t19-/m1/s1. The Morgan fingerprint density at radius 3 is 2.34 bits per heavy atom. The highest BCUT2D eigenvalue weighted by Gasteiger charge is 2.20. The summed E-state index contributed by atoms with van der Waals surface area (Å²) in [5.41, 5.74) is 0.889. The number of nitrogens with one attached hydrogen (secondary N) is 1. The molecule has 6 nitrogen and oxygen atoms in total. The van der Waals surface area contributed by atoms with E-state index in [0.717, 1.165) is 5.56 Å². The van der Waals surface area contributed by atoms with Gasteiger partial charge in [-0.15, -0.1) is 0 Å². The van der Waals surface area contributed by atoms with Crippen LogP contribution in [0.4, 0.5) is 0 Å². The molecule has 1 atom stereocenters. The third-order valence-electron chi connectivity index (χ3n) is 4.16. The summed E-state index contributed by atoms with van der Waals surface area (Å²) in [4.78, 5) is 40.6. The van der Waals surface area contributed by atoms with E-state index in [2.05, 4.69) is 10.3 Å². The number of pyridine rings is 1. The van der Waals surface area contributed by atoms with Crippen LogP contribution in [0.25, 0.3) is 0 Å². The van der Waals surface area contributed by atoms with Crippen molar-refractivity contribution in [3.8, 4) is 0 Å². The van der Waals surface area contributed by atoms with Gasteiger partial charge in [0.2, 0.25) is 5.91 Å². The first-order valence-electron chi connectivity index (χ1n) is 9.74. The Morgan fingerprint density at radius 1 is 1.00 bits per heavy atom. The largest absolute Gasteiger partial charge is 0.460 e. The number of hydrogen-bond acceptors (Lipinski definition) is 5. The van der Waals surface area contributed by atoms with Gasteiger partial charge < -0.3 is 10.1 Å². The number of amides is 1. The Balaban J connectivity index is 1.95. The van der Waals surface area contributed by atoms with Crippen molar-refractivity contribution < 1.29 is 19.1 Å². The SMILES string of the molecule is CC(C)(C)OC(=O)CCC(=O)N[C@H](CCC(=O)c1cccnc1)c1ccccc1. The van der Waals surface area contributed by atoms with Gasteiger partial charge >= 0.3 is 5.97 Å². The zero-order valence-corrected chi connectivity index (χ0v) is 17.2. The van der Waals surface area contributed by atoms with Crippen molar-refractivity contribution in [1.82, 2.24) is 10.3 Å².